The number of aryl methyl sites for hydroxylation is 2. The zero-order valence-electron chi connectivity index (χ0n) is 39.9. The molecule has 0 unspecified atom stereocenters. The number of imidazole rings is 1. The van der Waals surface area contributed by atoms with Crippen LogP contribution in [0.1, 0.15) is 217 Å². The van der Waals surface area contributed by atoms with Gasteiger partial charge in [0.2, 0.25) is 0 Å². The normalized spacial score (nSPS) is 13.4. The third-order valence-electron chi connectivity index (χ3n) is 8.92. The van der Waals surface area contributed by atoms with E-state index < -0.39 is 0 Å². The van der Waals surface area contributed by atoms with Crippen LogP contribution in [-0.2, 0) is 50.4 Å². The molecule has 0 radical (unpaired) electrons. The van der Waals surface area contributed by atoms with Gasteiger partial charge in [0.05, 0.1) is 23.4 Å². The van der Waals surface area contributed by atoms with E-state index >= 15 is 0 Å². The van der Waals surface area contributed by atoms with Crippen LogP contribution in [0.4, 0.5) is 0 Å². The molecule has 1 N–H and O–H groups in total. The molecule has 4 heterocycles. The molecular weight excluding hydrogens is 667 g/mol. The van der Waals surface area contributed by atoms with E-state index in [9.17, 15) is 0 Å². The summed E-state index contributed by atoms with van der Waals surface area (Å²) in [5.74, 6) is 2.02. The van der Waals surface area contributed by atoms with Gasteiger partial charge in [-0.05, 0) is 29.4 Å². The molecule has 7 heteroatoms. The first kappa shape index (κ1) is 48.9. The van der Waals surface area contributed by atoms with Gasteiger partial charge < -0.3 is 18.5 Å². The van der Waals surface area contributed by atoms with Gasteiger partial charge in [0, 0.05) is 62.7 Å². The minimum atomic E-state index is 0.0316. The molecule has 0 amide bonds. The fourth-order valence-electron chi connectivity index (χ4n) is 6.56. The van der Waals surface area contributed by atoms with Crippen molar-refractivity contribution in [3.63, 3.8) is 0 Å². The molecule has 7 nitrogen and oxygen atoms in total. The van der Waals surface area contributed by atoms with E-state index in [1.54, 1.807) is 6.39 Å². The topological polar surface area (TPSA) is 85.7 Å². The molecule has 0 saturated carbocycles. The predicted molar refractivity (Wildman–Crippen MR) is 231 cm³/mol. The van der Waals surface area contributed by atoms with Gasteiger partial charge in [-0.25, -0.2) is 9.97 Å². The molecule has 0 bridgehead atoms. The van der Waals surface area contributed by atoms with Crippen LogP contribution < -0.4 is 0 Å². The van der Waals surface area contributed by atoms with E-state index in [1.165, 1.54) is 28.2 Å². The number of aromatic nitrogens is 5. The van der Waals surface area contributed by atoms with Crippen LogP contribution in [0.3, 0.4) is 0 Å². The van der Waals surface area contributed by atoms with Crippen molar-refractivity contribution in [2.45, 2.75) is 216 Å². The standard InChI is InChI=1S/C12H22N2.C12H21NO.C12H21N.C11H19NO/c1-11(2,3)9-10(12(4,5)6)14(7)8-13-9;1-8-9(11(2,3)4)10(14-13-8)12(5,6)7;1-11(2,3)9-7-8-13-10(9)12(4,5)6;1-10(2,3)8-9(11(4,5)6)13-7-12-8/h8H,1-7H3;1-7H3;7-8,13H,1-6H3;7H,1-6H3. The summed E-state index contributed by atoms with van der Waals surface area (Å²) in [5.41, 5.74) is 9.67. The van der Waals surface area contributed by atoms with E-state index in [1.807, 2.05) is 19.4 Å². The van der Waals surface area contributed by atoms with Crippen LogP contribution in [0.25, 0.3) is 0 Å². The Morgan fingerprint density at radius 2 is 1.02 bits per heavy atom. The maximum atomic E-state index is 5.44. The van der Waals surface area contributed by atoms with Crippen molar-refractivity contribution < 1.29 is 8.94 Å². The summed E-state index contributed by atoms with van der Waals surface area (Å²) >= 11 is 0. The zero-order valence-corrected chi connectivity index (χ0v) is 39.9. The minimum absolute atomic E-state index is 0.0316. The van der Waals surface area contributed by atoms with Gasteiger partial charge in [-0.15, -0.1) is 0 Å². The van der Waals surface area contributed by atoms with Crippen molar-refractivity contribution in [3.8, 4) is 0 Å². The second-order valence-electron chi connectivity index (χ2n) is 23.3. The molecule has 54 heavy (non-hydrogen) atoms. The lowest BCUT2D eigenvalue weighted by Crippen LogP contribution is -2.23. The lowest BCUT2D eigenvalue weighted by molar-refractivity contribution is 0.321. The highest BCUT2D eigenvalue weighted by Gasteiger charge is 2.33. The number of aromatic amines is 1. The second-order valence-corrected chi connectivity index (χ2v) is 23.3. The average Bonchev–Trinajstić information content (AvgIpc) is 3.70. The summed E-state index contributed by atoms with van der Waals surface area (Å²) in [4.78, 5) is 12.2. The summed E-state index contributed by atoms with van der Waals surface area (Å²) in [6.45, 7) is 54.8. The number of nitrogens with one attached hydrogen (secondary N) is 1. The fraction of sp³-hybridized carbons (Fsp3) is 0.723. The second kappa shape index (κ2) is 16.6. The highest BCUT2D eigenvalue weighted by Crippen LogP contribution is 2.37. The Kier molecular flexibility index (Phi) is 15.0. The van der Waals surface area contributed by atoms with Crippen molar-refractivity contribution in [1.82, 2.24) is 24.7 Å². The molecule has 308 valence electrons. The van der Waals surface area contributed by atoms with Gasteiger partial charge in [-0.3, -0.25) is 0 Å². The van der Waals surface area contributed by atoms with Crippen LogP contribution in [0.2, 0.25) is 0 Å². The maximum absolute atomic E-state index is 5.44. The quantitative estimate of drug-likeness (QED) is 0.193. The fourth-order valence-corrected chi connectivity index (χ4v) is 6.56. The molecule has 4 aromatic heterocycles. The highest BCUT2D eigenvalue weighted by molar-refractivity contribution is 5.34. The van der Waals surface area contributed by atoms with Crippen LogP contribution in [0.5, 0.6) is 0 Å². The van der Waals surface area contributed by atoms with Gasteiger partial charge in [0.15, 0.2) is 6.39 Å². The Hall–Kier alpha value is -3.09. The van der Waals surface area contributed by atoms with E-state index in [-0.39, 0.29) is 43.3 Å². The van der Waals surface area contributed by atoms with Crippen LogP contribution in [0, 0.1) is 6.92 Å². The molecule has 4 rings (SSSR count). The maximum Gasteiger partial charge on any atom is 0.181 e. The molecule has 0 spiro atoms. The third kappa shape index (κ3) is 13.6. The molecule has 4 aromatic rings. The third-order valence-corrected chi connectivity index (χ3v) is 8.92. The van der Waals surface area contributed by atoms with Gasteiger partial charge in [-0.2, -0.15) is 0 Å². The Morgan fingerprint density at radius 3 is 1.31 bits per heavy atom. The molecule has 0 fully saturated rings. The van der Waals surface area contributed by atoms with Crippen LogP contribution in [-0.4, -0.2) is 24.7 Å². The lowest BCUT2D eigenvalue weighted by Gasteiger charge is -2.26. The number of rotatable bonds is 0. The molecule has 0 saturated heterocycles. The van der Waals surface area contributed by atoms with Crippen LogP contribution in [0.15, 0.2) is 33.9 Å². The predicted octanol–water partition coefficient (Wildman–Crippen LogP) is 13.5. The largest absolute Gasteiger partial charge is 0.448 e. The Balaban J connectivity index is 0.000000360. The Bertz CT molecular complexity index is 1550. The van der Waals surface area contributed by atoms with Crippen molar-refractivity contribution in [2.24, 2.45) is 7.05 Å². The Labute approximate surface area is 332 Å². The van der Waals surface area contributed by atoms with E-state index in [0.29, 0.717) is 0 Å². The van der Waals surface area contributed by atoms with Gasteiger partial charge >= 0.3 is 0 Å². The van der Waals surface area contributed by atoms with Crippen molar-refractivity contribution in [2.75, 3.05) is 0 Å². The molecular formula is C47H83N5O2. The molecule has 0 aliphatic heterocycles. The first-order chi connectivity index (χ1) is 23.7. The minimum Gasteiger partial charge on any atom is -0.448 e. The first-order valence-electron chi connectivity index (χ1n) is 19.9. The van der Waals surface area contributed by atoms with Gasteiger partial charge in [0.1, 0.15) is 11.5 Å². The number of oxazole rings is 1. The van der Waals surface area contributed by atoms with Crippen molar-refractivity contribution in [1.29, 1.82) is 0 Å². The smallest absolute Gasteiger partial charge is 0.181 e. The van der Waals surface area contributed by atoms with Crippen LogP contribution >= 0.6 is 0 Å². The molecule has 0 aliphatic rings. The molecule has 0 aromatic carbocycles. The summed E-state index contributed by atoms with van der Waals surface area (Å²) < 4.78 is 13.0. The van der Waals surface area contributed by atoms with E-state index in [4.69, 9.17) is 8.94 Å². The van der Waals surface area contributed by atoms with Crippen molar-refractivity contribution in [3.05, 3.63) is 76.1 Å². The number of hydrogen-bond acceptors (Lipinski definition) is 5. The SMILES string of the molecule is CC(C)(C)c1cc[nH]c1C(C)(C)C.CC(C)(C)c1ncoc1C(C)(C)C.Cc1noc(C(C)(C)C)c1C(C)(C)C.Cn1cnc(C(C)(C)C)c1C(C)(C)C. The number of nitrogens with zero attached hydrogens (tertiary/aromatic N) is 4. The average molecular weight is 750 g/mol. The summed E-state index contributed by atoms with van der Waals surface area (Å²) in [6.07, 6.45) is 5.50. The van der Waals surface area contributed by atoms with Gasteiger partial charge in [-0.1, -0.05) is 171 Å². The first-order valence-corrected chi connectivity index (χ1v) is 19.9. The Morgan fingerprint density at radius 1 is 0.537 bits per heavy atom. The number of H-pyrrole nitrogens is 1. The summed E-state index contributed by atoms with van der Waals surface area (Å²) in [6, 6.07) is 2.20. The zero-order chi connectivity index (χ0) is 42.8. The lowest BCUT2D eigenvalue weighted by atomic mass is 9.79. The van der Waals surface area contributed by atoms with E-state index in [0.717, 1.165) is 22.9 Å². The monoisotopic (exact) mass is 750 g/mol. The highest BCUT2D eigenvalue weighted by atomic mass is 16.5. The van der Waals surface area contributed by atoms with E-state index in [2.05, 4.69) is 204 Å². The molecule has 0 atom stereocenters. The summed E-state index contributed by atoms with van der Waals surface area (Å²) in [7, 11) is 2.07. The molecule has 0 aliphatic carbocycles. The number of hydrogen-bond donors (Lipinski definition) is 1. The van der Waals surface area contributed by atoms with Gasteiger partial charge in [0.25, 0.3) is 0 Å². The summed E-state index contributed by atoms with van der Waals surface area (Å²) in [5, 5.41) is 4.07. The van der Waals surface area contributed by atoms with Crippen molar-refractivity contribution >= 4 is 0 Å².